The minimum Gasteiger partial charge on any atom is -0.353 e. The molecular weight excluding hydrogens is 336 g/mol. The molecule has 2 rings (SSSR count). The molecule has 1 amide bonds. The van der Waals surface area contributed by atoms with E-state index >= 15 is 0 Å². The fourth-order valence-corrected chi connectivity index (χ4v) is 4.49. The number of rotatable bonds is 7. The van der Waals surface area contributed by atoms with Gasteiger partial charge in [-0.3, -0.25) is 4.79 Å². The second-order valence-electron chi connectivity index (χ2n) is 6.85. The van der Waals surface area contributed by atoms with Crippen LogP contribution in [0.5, 0.6) is 0 Å². The largest absolute Gasteiger partial charge is 0.353 e. The maximum atomic E-state index is 12.4. The maximum Gasteiger partial charge on any atom is 0.242 e. The molecule has 1 saturated carbocycles. The van der Waals surface area contributed by atoms with Crippen molar-refractivity contribution in [2.75, 3.05) is 13.6 Å². The Labute approximate surface area is 151 Å². The molecule has 0 heterocycles. The third-order valence-corrected chi connectivity index (χ3v) is 6.67. The van der Waals surface area contributed by atoms with Gasteiger partial charge in [-0.1, -0.05) is 50.3 Å². The standard InChI is InChI=1S/C19H30N2O3S/c1-21(25(23,24)18-13-8-5-9-14-18)16-10-15-19(22)20-17-11-6-3-2-4-7-12-17/h5,8-9,13-14,17H,2-4,6-7,10-12,15-16H2,1H3,(H,20,22). The van der Waals surface area contributed by atoms with Gasteiger partial charge in [-0.2, -0.15) is 0 Å². The van der Waals surface area contributed by atoms with Gasteiger partial charge >= 0.3 is 0 Å². The van der Waals surface area contributed by atoms with Crippen LogP contribution in [0.4, 0.5) is 0 Å². The van der Waals surface area contributed by atoms with Crippen LogP contribution >= 0.6 is 0 Å². The normalized spacial score (nSPS) is 17.0. The number of hydrogen-bond donors (Lipinski definition) is 1. The van der Waals surface area contributed by atoms with Gasteiger partial charge < -0.3 is 5.32 Å². The number of amides is 1. The van der Waals surface area contributed by atoms with Crippen LogP contribution in [0.3, 0.4) is 0 Å². The van der Waals surface area contributed by atoms with Crippen LogP contribution in [0.25, 0.3) is 0 Å². The second-order valence-corrected chi connectivity index (χ2v) is 8.90. The van der Waals surface area contributed by atoms with E-state index in [0.717, 1.165) is 12.8 Å². The molecule has 6 heteroatoms. The number of benzene rings is 1. The highest BCUT2D eigenvalue weighted by atomic mass is 32.2. The average Bonchev–Trinajstić information content (AvgIpc) is 2.58. The van der Waals surface area contributed by atoms with Gasteiger partial charge in [0.05, 0.1) is 4.90 Å². The molecule has 1 N–H and O–H groups in total. The van der Waals surface area contributed by atoms with Crippen LogP contribution < -0.4 is 5.32 Å². The molecule has 1 fully saturated rings. The highest BCUT2D eigenvalue weighted by molar-refractivity contribution is 7.89. The molecular formula is C19H30N2O3S. The van der Waals surface area contributed by atoms with E-state index in [4.69, 9.17) is 0 Å². The van der Waals surface area contributed by atoms with Crippen LogP contribution in [0.1, 0.15) is 57.8 Å². The van der Waals surface area contributed by atoms with Crippen molar-refractivity contribution >= 4 is 15.9 Å². The molecule has 1 aliphatic carbocycles. The van der Waals surface area contributed by atoms with Crippen LogP contribution in [0, 0.1) is 0 Å². The van der Waals surface area contributed by atoms with Crippen molar-refractivity contribution in [2.45, 2.75) is 68.7 Å². The number of sulfonamides is 1. The quantitative estimate of drug-likeness (QED) is 0.805. The van der Waals surface area contributed by atoms with Crippen molar-refractivity contribution in [3.8, 4) is 0 Å². The number of hydrogen-bond acceptors (Lipinski definition) is 3. The Morgan fingerprint density at radius 1 is 1.08 bits per heavy atom. The molecule has 0 saturated heterocycles. The van der Waals surface area contributed by atoms with Gasteiger partial charge in [0.2, 0.25) is 15.9 Å². The summed E-state index contributed by atoms with van der Waals surface area (Å²) in [5.74, 6) is 0.0380. The molecule has 1 aromatic carbocycles. The fourth-order valence-electron chi connectivity index (χ4n) is 3.26. The number of nitrogens with one attached hydrogen (secondary N) is 1. The Morgan fingerprint density at radius 3 is 2.32 bits per heavy atom. The predicted octanol–water partition coefficient (Wildman–Crippen LogP) is 3.32. The van der Waals surface area contributed by atoms with Gasteiger partial charge in [0.1, 0.15) is 0 Å². The number of carbonyl (C=O) groups is 1. The SMILES string of the molecule is CN(CCCC(=O)NC1CCCCCCC1)S(=O)(=O)c1ccccc1. The van der Waals surface area contributed by atoms with Gasteiger partial charge in [-0.15, -0.1) is 0 Å². The molecule has 140 valence electrons. The van der Waals surface area contributed by atoms with Crippen LogP contribution in [0.15, 0.2) is 35.2 Å². The number of carbonyl (C=O) groups excluding carboxylic acids is 1. The van der Waals surface area contributed by atoms with Crippen molar-refractivity contribution in [1.29, 1.82) is 0 Å². The number of nitrogens with zero attached hydrogens (tertiary/aromatic N) is 1. The van der Waals surface area contributed by atoms with Crippen molar-refractivity contribution in [3.05, 3.63) is 30.3 Å². The van der Waals surface area contributed by atoms with Gasteiger partial charge in [0, 0.05) is 26.1 Å². The molecule has 0 atom stereocenters. The Bertz CT molecular complexity index is 623. The summed E-state index contributed by atoms with van der Waals surface area (Å²) in [6, 6.07) is 8.68. The van der Waals surface area contributed by atoms with Gasteiger partial charge in [-0.25, -0.2) is 12.7 Å². The highest BCUT2D eigenvalue weighted by Crippen LogP contribution is 2.17. The molecule has 0 unspecified atom stereocenters. The summed E-state index contributed by atoms with van der Waals surface area (Å²) >= 11 is 0. The van der Waals surface area contributed by atoms with E-state index in [1.807, 2.05) is 0 Å². The van der Waals surface area contributed by atoms with Crippen LogP contribution in [0.2, 0.25) is 0 Å². The van der Waals surface area contributed by atoms with E-state index in [0.29, 0.717) is 25.4 Å². The zero-order valence-electron chi connectivity index (χ0n) is 15.1. The monoisotopic (exact) mass is 366 g/mol. The Balaban J connectivity index is 1.74. The first-order chi connectivity index (χ1) is 12.0. The minimum absolute atomic E-state index is 0.0380. The van der Waals surface area contributed by atoms with Crippen LogP contribution in [-0.4, -0.2) is 38.3 Å². The van der Waals surface area contributed by atoms with Crippen molar-refractivity contribution in [2.24, 2.45) is 0 Å². The van der Waals surface area contributed by atoms with Crippen molar-refractivity contribution < 1.29 is 13.2 Å². The molecule has 25 heavy (non-hydrogen) atoms. The third kappa shape index (κ3) is 6.44. The van der Waals surface area contributed by atoms with Gasteiger partial charge in [0.25, 0.3) is 0 Å². The summed E-state index contributed by atoms with van der Waals surface area (Å²) < 4.78 is 26.2. The minimum atomic E-state index is -3.47. The smallest absolute Gasteiger partial charge is 0.242 e. The van der Waals surface area contributed by atoms with E-state index in [-0.39, 0.29) is 10.8 Å². The van der Waals surface area contributed by atoms with Gasteiger partial charge in [0.15, 0.2) is 0 Å². The van der Waals surface area contributed by atoms with E-state index in [1.54, 1.807) is 37.4 Å². The Kier molecular flexibility index (Phi) is 7.90. The van der Waals surface area contributed by atoms with Crippen molar-refractivity contribution in [3.63, 3.8) is 0 Å². The molecule has 0 aromatic heterocycles. The summed E-state index contributed by atoms with van der Waals surface area (Å²) in [6.07, 6.45) is 9.21. The maximum absolute atomic E-state index is 12.4. The lowest BCUT2D eigenvalue weighted by Crippen LogP contribution is -2.36. The summed E-state index contributed by atoms with van der Waals surface area (Å²) in [4.78, 5) is 12.4. The lowest BCUT2D eigenvalue weighted by molar-refractivity contribution is -0.122. The topological polar surface area (TPSA) is 66.5 Å². The molecule has 1 aliphatic rings. The molecule has 0 radical (unpaired) electrons. The molecule has 0 bridgehead atoms. The zero-order valence-corrected chi connectivity index (χ0v) is 15.9. The second kappa shape index (κ2) is 9.92. The van der Waals surface area contributed by atoms with E-state index in [2.05, 4.69) is 5.32 Å². The summed E-state index contributed by atoms with van der Waals surface area (Å²) in [5, 5.41) is 3.12. The summed E-state index contributed by atoms with van der Waals surface area (Å²) in [7, 11) is -1.91. The van der Waals surface area contributed by atoms with E-state index in [9.17, 15) is 13.2 Å². The summed E-state index contributed by atoms with van der Waals surface area (Å²) in [6.45, 7) is 0.343. The lowest BCUT2D eigenvalue weighted by Gasteiger charge is -2.21. The molecule has 1 aromatic rings. The zero-order chi connectivity index (χ0) is 18.1. The first kappa shape index (κ1) is 19.9. The molecule has 5 nitrogen and oxygen atoms in total. The molecule has 0 spiro atoms. The van der Waals surface area contributed by atoms with Crippen LogP contribution in [-0.2, 0) is 14.8 Å². The summed E-state index contributed by atoms with van der Waals surface area (Å²) in [5.41, 5.74) is 0. The average molecular weight is 367 g/mol. The van der Waals surface area contributed by atoms with E-state index < -0.39 is 10.0 Å². The Morgan fingerprint density at radius 2 is 1.68 bits per heavy atom. The predicted molar refractivity (Wildman–Crippen MR) is 99.7 cm³/mol. The van der Waals surface area contributed by atoms with E-state index in [1.165, 1.54) is 36.4 Å². The molecule has 0 aliphatic heterocycles. The Hall–Kier alpha value is -1.40. The van der Waals surface area contributed by atoms with Crippen molar-refractivity contribution in [1.82, 2.24) is 9.62 Å². The highest BCUT2D eigenvalue weighted by Gasteiger charge is 2.20. The first-order valence-corrected chi connectivity index (χ1v) is 10.7. The van der Waals surface area contributed by atoms with Gasteiger partial charge in [-0.05, 0) is 31.4 Å². The third-order valence-electron chi connectivity index (χ3n) is 4.80. The lowest BCUT2D eigenvalue weighted by atomic mass is 9.96. The fraction of sp³-hybridized carbons (Fsp3) is 0.632. The first-order valence-electron chi connectivity index (χ1n) is 9.31.